The third-order valence-corrected chi connectivity index (χ3v) is 3.78. The molecule has 96 valence electrons. The lowest BCUT2D eigenvalue weighted by Crippen LogP contribution is -2.30. The maximum Gasteiger partial charge on any atom is 0.119 e. The Morgan fingerprint density at radius 3 is 2.82 bits per heavy atom. The maximum atomic E-state index is 5.23. The van der Waals surface area contributed by atoms with Crippen molar-refractivity contribution in [2.45, 2.75) is 37.6 Å². The average Bonchev–Trinajstić information content (AvgIpc) is 2.37. The van der Waals surface area contributed by atoms with Gasteiger partial charge in [-0.2, -0.15) is 0 Å². The standard InChI is InChI=1S/C14H23NOS/c1-4-7-12(15-5-2)11-17-14-9-6-8-13(10-14)16-3/h6,8-10,12,15H,4-5,7,11H2,1-3H3. The Bertz CT molecular complexity index is 311. The first-order valence-corrected chi connectivity index (χ1v) is 7.29. The van der Waals surface area contributed by atoms with E-state index in [1.807, 2.05) is 23.9 Å². The van der Waals surface area contributed by atoms with Crippen LogP contribution in [0.4, 0.5) is 0 Å². The van der Waals surface area contributed by atoms with Gasteiger partial charge in [-0.25, -0.2) is 0 Å². The molecule has 2 nitrogen and oxygen atoms in total. The lowest BCUT2D eigenvalue weighted by Gasteiger charge is -2.16. The largest absolute Gasteiger partial charge is 0.497 e. The van der Waals surface area contributed by atoms with Gasteiger partial charge in [0, 0.05) is 16.7 Å². The third kappa shape index (κ3) is 5.46. The number of hydrogen-bond donors (Lipinski definition) is 1. The second-order valence-electron chi connectivity index (χ2n) is 4.03. The average molecular weight is 253 g/mol. The van der Waals surface area contributed by atoms with Gasteiger partial charge < -0.3 is 10.1 Å². The molecular formula is C14H23NOS. The van der Waals surface area contributed by atoms with Gasteiger partial charge in [0.25, 0.3) is 0 Å². The molecular weight excluding hydrogens is 230 g/mol. The summed E-state index contributed by atoms with van der Waals surface area (Å²) in [6, 6.07) is 8.88. The molecule has 0 aliphatic heterocycles. The van der Waals surface area contributed by atoms with Gasteiger partial charge in [-0.1, -0.05) is 26.3 Å². The molecule has 0 radical (unpaired) electrons. The fraction of sp³-hybridized carbons (Fsp3) is 0.571. The zero-order chi connectivity index (χ0) is 12.5. The van der Waals surface area contributed by atoms with E-state index in [-0.39, 0.29) is 0 Å². The summed E-state index contributed by atoms with van der Waals surface area (Å²) in [5.41, 5.74) is 0. The number of ether oxygens (including phenoxy) is 1. The Hall–Kier alpha value is -0.670. The van der Waals surface area contributed by atoms with Crippen molar-refractivity contribution in [1.82, 2.24) is 5.32 Å². The van der Waals surface area contributed by atoms with Crippen LogP contribution in [0.25, 0.3) is 0 Å². The summed E-state index contributed by atoms with van der Waals surface area (Å²) in [6.07, 6.45) is 2.47. The molecule has 0 saturated heterocycles. The molecule has 0 bridgehead atoms. The first-order chi connectivity index (χ1) is 8.30. The van der Waals surface area contributed by atoms with Crippen LogP contribution in [-0.4, -0.2) is 25.4 Å². The van der Waals surface area contributed by atoms with Gasteiger partial charge in [-0.15, -0.1) is 11.8 Å². The van der Waals surface area contributed by atoms with Crippen molar-refractivity contribution in [2.24, 2.45) is 0 Å². The highest BCUT2D eigenvalue weighted by Gasteiger charge is 2.06. The molecule has 17 heavy (non-hydrogen) atoms. The zero-order valence-electron chi connectivity index (χ0n) is 11.0. The third-order valence-electron chi connectivity index (χ3n) is 2.62. The molecule has 0 amide bonds. The molecule has 0 heterocycles. The van der Waals surface area contributed by atoms with Crippen LogP contribution in [0.5, 0.6) is 5.75 Å². The summed E-state index contributed by atoms with van der Waals surface area (Å²) in [7, 11) is 1.71. The van der Waals surface area contributed by atoms with Crippen LogP contribution < -0.4 is 10.1 Å². The van der Waals surface area contributed by atoms with E-state index in [4.69, 9.17) is 4.74 Å². The van der Waals surface area contributed by atoms with Crippen molar-refractivity contribution >= 4 is 11.8 Å². The lowest BCUT2D eigenvalue weighted by molar-refractivity contribution is 0.413. The SMILES string of the molecule is CCCC(CSc1cccc(OC)c1)NCC. The quantitative estimate of drug-likeness (QED) is 0.716. The molecule has 0 aliphatic carbocycles. The molecule has 1 aromatic rings. The number of nitrogens with one attached hydrogen (secondary N) is 1. The van der Waals surface area contributed by atoms with Crippen molar-refractivity contribution in [3.05, 3.63) is 24.3 Å². The van der Waals surface area contributed by atoms with E-state index in [9.17, 15) is 0 Å². The van der Waals surface area contributed by atoms with Gasteiger partial charge in [0.05, 0.1) is 7.11 Å². The summed E-state index contributed by atoms with van der Waals surface area (Å²) in [5, 5.41) is 3.53. The molecule has 1 aromatic carbocycles. The second kappa shape index (κ2) is 8.43. The maximum absolute atomic E-state index is 5.23. The molecule has 0 fully saturated rings. The van der Waals surface area contributed by atoms with Crippen LogP contribution in [0, 0.1) is 0 Å². The summed E-state index contributed by atoms with van der Waals surface area (Å²) < 4.78 is 5.23. The second-order valence-corrected chi connectivity index (χ2v) is 5.13. The van der Waals surface area contributed by atoms with E-state index >= 15 is 0 Å². The molecule has 1 N–H and O–H groups in total. The number of thioether (sulfide) groups is 1. The van der Waals surface area contributed by atoms with Crippen molar-refractivity contribution < 1.29 is 4.74 Å². The van der Waals surface area contributed by atoms with Gasteiger partial charge >= 0.3 is 0 Å². The van der Waals surface area contributed by atoms with E-state index in [1.165, 1.54) is 17.7 Å². The zero-order valence-corrected chi connectivity index (χ0v) is 11.8. The molecule has 0 saturated carbocycles. The van der Waals surface area contributed by atoms with E-state index in [0.29, 0.717) is 6.04 Å². The van der Waals surface area contributed by atoms with Gasteiger partial charge in [-0.3, -0.25) is 0 Å². The van der Waals surface area contributed by atoms with Crippen LogP contribution >= 0.6 is 11.8 Å². The molecule has 3 heteroatoms. The molecule has 0 aromatic heterocycles. The Morgan fingerprint density at radius 2 is 2.18 bits per heavy atom. The number of rotatable bonds is 8. The molecule has 0 spiro atoms. The number of hydrogen-bond acceptors (Lipinski definition) is 3. The highest BCUT2D eigenvalue weighted by molar-refractivity contribution is 7.99. The lowest BCUT2D eigenvalue weighted by atomic mass is 10.2. The molecule has 1 atom stereocenters. The van der Waals surface area contributed by atoms with Crippen LogP contribution in [0.2, 0.25) is 0 Å². The highest BCUT2D eigenvalue weighted by Crippen LogP contribution is 2.23. The Kier molecular flexibility index (Phi) is 7.13. The summed E-state index contributed by atoms with van der Waals surface area (Å²) in [4.78, 5) is 1.28. The van der Waals surface area contributed by atoms with E-state index in [0.717, 1.165) is 18.0 Å². The van der Waals surface area contributed by atoms with Crippen molar-refractivity contribution in [3.63, 3.8) is 0 Å². The van der Waals surface area contributed by atoms with Gasteiger partial charge in [0.15, 0.2) is 0 Å². The first-order valence-electron chi connectivity index (χ1n) is 6.30. The molecule has 0 aliphatic rings. The summed E-state index contributed by atoms with van der Waals surface area (Å²) >= 11 is 1.90. The highest BCUT2D eigenvalue weighted by atomic mass is 32.2. The number of methoxy groups -OCH3 is 1. The van der Waals surface area contributed by atoms with E-state index in [1.54, 1.807) is 7.11 Å². The van der Waals surface area contributed by atoms with Crippen LogP contribution in [0.3, 0.4) is 0 Å². The van der Waals surface area contributed by atoms with Crippen molar-refractivity contribution in [1.29, 1.82) is 0 Å². The minimum Gasteiger partial charge on any atom is -0.497 e. The van der Waals surface area contributed by atoms with Crippen LogP contribution in [0.1, 0.15) is 26.7 Å². The topological polar surface area (TPSA) is 21.3 Å². The Balaban J connectivity index is 2.46. The van der Waals surface area contributed by atoms with Gasteiger partial charge in [-0.05, 0) is 31.2 Å². The molecule has 1 unspecified atom stereocenters. The first kappa shape index (κ1) is 14.4. The minimum absolute atomic E-state index is 0.612. The van der Waals surface area contributed by atoms with Crippen LogP contribution in [-0.2, 0) is 0 Å². The van der Waals surface area contributed by atoms with E-state index < -0.39 is 0 Å². The molecule has 1 rings (SSSR count). The Labute approximate surface area is 109 Å². The monoisotopic (exact) mass is 253 g/mol. The number of benzene rings is 1. The Morgan fingerprint density at radius 1 is 1.35 bits per heavy atom. The normalized spacial score (nSPS) is 12.4. The summed E-state index contributed by atoms with van der Waals surface area (Å²) in [5.74, 6) is 2.06. The van der Waals surface area contributed by atoms with Crippen LogP contribution in [0.15, 0.2) is 29.2 Å². The fourth-order valence-electron chi connectivity index (χ4n) is 1.77. The smallest absolute Gasteiger partial charge is 0.119 e. The van der Waals surface area contributed by atoms with Crippen molar-refractivity contribution in [2.75, 3.05) is 19.4 Å². The predicted molar refractivity (Wildman–Crippen MR) is 76.1 cm³/mol. The minimum atomic E-state index is 0.612. The van der Waals surface area contributed by atoms with Crippen molar-refractivity contribution in [3.8, 4) is 5.75 Å². The van der Waals surface area contributed by atoms with Gasteiger partial charge in [0.1, 0.15) is 5.75 Å². The fourth-order valence-corrected chi connectivity index (χ4v) is 2.82. The predicted octanol–water partition coefficient (Wildman–Crippen LogP) is 3.57. The van der Waals surface area contributed by atoms with Gasteiger partial charge in [0.2, 0.25) is 0 Å². The van der Waals surface area contributed by atoms with E-state index in [2.05, 4.69) is 31.3 Å². The summed E-state index contributed by atoms with van der Waals surface area (Å²) in [6.45, 7) is 5.45.